The summed E-state index contributed by atoms with van der Waals surface area (Å²) in [5.41, 5.74) is 0.178. The molecule has 0 atom stereocenters. The molecule has 20 heavy (non-hydrogen) atoms. The van der Waals surface area contributed by atoms with Gasteiger partial charge >= 0.3 is 0 Å². The van der Waals surface area contributed by atoms with E-state index in [4.69, 9.17) is 0 Å². The van der Waals surface area contributed by atoms with Gasteiger partial charge in [0, 0.05) is 4.47 Å². The van der Waals surface area contributed by atoms with Crippen molar-refractivity contribution in [3.8, 4) is 5.75 Å². The van der Waals surface area contributed by atoms with E-state index in [2.05, 4.69) is 21.2 Å². The molecule has 2 aromatic rings. The molecular formula is C14H10BrF2NO2. The SMILES string of the molecule is Cc1ccc(NC(=O)c2c(F)cc(Br)cc2F)c(O)c1. The molecule has 104 valence electrons. The Morgan fingerprint density at radius 2 is 1.80 bits per heavy atom. The number of carbonyl (C=O) groups excluding carboxylic acids is 1. The van der Waals surface area contributed by atoms with Gasteiger partial charge < -0.3 is 10.4 Å². The second kappa shape index (κ2) is 5.58. The van der Waals surface area contributed by atoms with Crippen molar-refractivity contribution in [2.75, 3.05) is 5.32 Å². The molecule has 2 rings (SSSR count). The lowest BCUT2D eigenvalue weighted by molar-refractivity contribution is 0.101. The molecule has 0 aromatic heterocycles. The monoisotopic (exact) mass is 341 g/mol. The summed E-state index contributed by atoms with van der Waals surface area (Å²) in [7, 11) is 0. The average Bonchev–Trinajstić information content (AvgIpc) is 2.31. The van der Waals surface area contributed by atoms with Crippen LogP contribution in [0, 0.1) is 18.6 Å². The quantitative estimate of drug-likeness (QED) is 0.811. The van der Waals surface area contributed by atoms with Crippen LogP contribution in [0.3, 0.4) is 0 Å². The Morgan fingerprint density at radius 1 is 1.20 bits per heavy atom. The van der Waals surface area contributed by atoms with Gasteiger partial charge in [0.2, 0.25) is 0 Å². The number of amides is 1. The van der Waals surface area contributed by atoms with E-state index in [0.717, 1.165) is 17.7 Å². The maximum absolute atomic E-state index is 13.6. The molecule has 0 aliphatic carbocycles. The van der Waals surface area contributed by atoms with E-state index < -0.39 is 23.1 Å². The minimum absolute atomic E-state index is 0.0855. The number of phenolic OH excluding ortho intramolecular Hbond substituents is 1. The average molecular weight is 342 g/mol. The lowest BCUT2D eigenvalue weighted by Gasteiger charge is -2.09. The number of halogens is 3. The van der Waals surface area contributed by atoms with E-state index in [1.54, 1.807) is 13.0 Å². The number of carbonyl (C=O) groups is 1. The Bertz CT molecular complexity index is 666. The number of aryl methyl sites for hydroxylation is 1. The van der Waals surface area contributed by atoms with Crippen LogP contribution < -0.4 is 5.32 Å². The molecular weight excluding hydrogens is 332 g/mol. The van der Waals surface area contributed by atoms with E-state index in [-0.39, 0.29) is 15.9 Å². The highest BCUT2D eigenvalue weighted by atomic mass is 79.9. The Balaban J connectivity index is 2.33. The molecule has 2 N–H and O–H groups in total. The number of hydrogen-bond donors (Lipinski definition) is 2. The van der Waals surface area contributed by atoms with Crippen LogP contribution in [0.4, 0.5) is 14.5 Å². The molecule has 3 nitrogen and oxygen atoms in total. The van der Waals surface area contributed by atoms with Gasteiger partial charge in [-0.15, -0.1) is 0 Å². The first kappa shape index (κ1) is 14.5. The number of nitrogens with one attached hydrogen (secondary N) is 1. The Labute approximate surface area is 122 Å². The van der Waals surface area contributed by atoms with Crippen LogP contribution in [0.25, 0.3) is 0 Å². The van der Waals surface area contributed by atoms with Crippen LogP contribution in [-0.2, 0) is 0 Å². The van der Waals surface area contributed by atoms with Crippen LogP contribution in [0.15, 0.2) is 34.8 Å². The molecule has 0 fully saturated rings. The van der Waals surface area contributed by atoms with Gasteiger partial charge in [0.25, 0.3) is 5.91 Å². The number of hydrogen-bond acceptors (Lipinski definition) is 2. The lowest BCUT2D eigenvalue weighted by atomic mass is 10.1. The van der Waals surface area contributed by atoms with E-state index >= 15 is 0 Å². The number of rotatable bonds is 2. The van der Waals surface area contributed by atoms with Crippen molar-refractivity contribution in [3.05, 3.63) is 57.6 Å². The minimum Gasteiger partial charge on any atom is -0.506 e. The zero-order chi connectivity index (χ0) is 14.9. The minimum atomic E-state index is -0.985. The first-order valence-electron chi connectivity index (χ1n) is 5.64. The van der Waals surface area contributed by atoms with E-state index in [1.807, 2.05) is 0 Å². The first-order valence-corrected chi connectivity index (χ1v) is 6.43. The normalized spacial score (nSPS) is 10.4. The third kappa shape index (κ3) is 2.96. The van der Waals surface area contributed by atoms with Crippen LogP contribution in [0.2, 0.25) is 0 Å². The molecule has 1 amide bonds. The molecule has 0 unspecified atom stereocenters. The fourth-order valence-electron chi connectivity index (χ4n) is 1.69. The third-order valence-corrected chi connectivity index (χ3v) is 3.09. The maximum Gasteiger partial charge on any atom is 0.261 e. The number of phenols is 1. The van der Waals surface area contributed by atoms with Crippen molar-refractivity contribution < 1.29 is 18.7 Å². The zero-order valence-corrected chi connectivity index (χ0v) is 12.0. The standard InChI is InChI=1S/C14H10BrF2NO2/c1-7-2-3-11(12(19)4-7)18-14(20)13-9(16)5-8(15)6-10(13)17/h2-6,19H,1H3,(H,18,20). The summed E-state index contributed by atoms with van der Waals surface area (Å²) < 4.78 is 27.5. The van der Waals surface area contributed by atoms with Gasteiger partial charge in [0.1, 0.15) is 22.9 Å². The summed E-state index contributed by atoms with van der Waals surface area (Å²) in [5, 5.41) is 11.9. The predicted molar refractivity (Wildman–Crippen MR) is 74.9 cm³/mol. The summed E-state index contributed by atoms with van der Waals surface area (Å²) in [6.45, 7) is 1.76. The summed E-state index contributed by atoms with van der Waals surface area (Å²) in [6.07, 6.45) is 0. The smallest absolute Gasteiger partial charge is 0.261 e. The summed E-state index contributed by atoms with van der Waals surface area (Å²) in [6, 6.07) is 6.53. The fraction of sp³-hybridized carbons (Fsp3) is 0.0714. The number of benzene rings is 2. The highest BCUT2D eigenvalue weighted by Crippen LogP contribution is 2.26. The van der Waals surface area contributed by atoms with E-state index in [0.29, 0.717) is 0 Å². The lowest BCUT2D eigenvalue weighted by Crippen LogP contribution is -2.16. The first-order chi connectivity index (χ1) is 9.38. The molecule has 0 saturated heterocycles. The van der Waals surface area contributed by atoms with Crippen molar-refractivity contribution in [2.45, 2.75) is 6.92 Å². The van der Waals surface area contributed by atoms with Gasteiger partial charge in [0.15, 0.2) is 0 Å². The van der Waals surface area contributed by atoms with Gasteiger partial charge in [-0.1, -0.05) is 22.0 Å². The van der Waals surface area contributed by atoms with Gasteiger partial charge in [-0.3, -0.25) is 4.79 Å². The van der Waals surface area contributed by atoms with Crippen LogP contribution in [-0.4, -0.2) is 11.0 Å². The fourth-order valence-corrected chi connectivity index (χ4v) is 2.09. The van der Waals surface area contributed by atoms with Crippen LogP contribution >= 0.6 is 15.9 Å². The second-order valence-electron chi connectivity index (χ2n) is 4.22. The van der Waals surface area contributed by atoms with Crippen molar-refractivity contribution in [3.63, 3.8) is 0 Å². The Morgan fingerprint density at radius 3 is 2.35 bits per heavy atom. The van der Waals surface area contributed by atoms with Gasteiger partial charge in [-0.2, -0.15) is 0 Å². The molecule has 0 heterocycles. The van der Waals surface area contributed by atoms with Gasteiger partial charge in [-0.25, -0.2) is 8.78 Å². The molecule has 0 aliphatic rings. The van der Waals surface area contributed by atoms with E-state index in [9.17, 15) is 18.7 Å². The van der Waals surface area contributed by atoms with Crippen molar-refractivity contribution in [1.29, 1.82) is 0 Å². The molecule has 0 saturated carbocycles. The highest BCUT2D eigenvalue weighted by Gasteiger charge is 2.19. The van der Waals surface area contributed by atoms with Crippen LogP contribution in [0.1, 0.15) is 15.9 Å². The Kier molecular flexibility index (Phi) is 4.04. The maximum atomic E-state index is 13.6. The molecule has 0 aliphatic heterocycles. The zero-order valence-electron chi connectivity index (χ0n) is 10.4. The molecule has 2 aromatic carbocycles. The largest absolute Gasteiger partial charge is 0.506 e. The summed E-state index contributed by atoms with van der Waals surface area (Å²) in [5.74, 6) is -3.11. The number of aromatic hydroxyl groups is 1. The second-order valence-corrected chi connectivity index (χ2v) is 5.13. The van der Waals surface area contributed by atoms with Gasteiger partial charge in [0.05, 0.1) is 5.69 Å². The molecule has 0 spiro atoms. The summed E-state index contributed by atoms with van der Waals surface area (Å²) in [4.78, 5) is 11.9. The molecule has 0 radical (unpaired) electrons. The predicted octanol–water partition coefficient (Wildman–Crippen LogP) is 3.99. The number of anilines is 1. The van der Waals surface area contributed by atoms with Crippen molar-refractivity contribution in [2.24, 2.45) is 0 Å². The highest BCUT2D eigenvalue weighted by molar-refractivity contribution is 9.10. The third-order valence-electron chi connectivity index (χ3n) is 2.64. The molecule has 0 bridgehead atoms. The van der Waals surface area contributed by atoms with Crippen molar-refractivity contribution in [1.82, 2.24) is 0 Å². The molecule has 6 heteroatoms. The van der Waals surface area contributed by atoms with Crippen molar-refractivity contribution >= 4 is 27.5 Å². The summed E-state index contributed by atoms with van der Waals surface area (Å²) >= 11 is 2.93. The van der Waals surface area contributed by atoms with E-state index in [1.165, 1.54) is 12.1 Å². The Hall–Kier alpha value is -1.95. The topological polar surface area (TPSA) is 49.3 Å². The van der Waals surface area contributed by atoms with Crippen LogP contribution in [0.5, 0.6) is 5.75 Å². The van der Waals surface area contributed by atoms with Gasteiger partial charge in [-0.05, 0) is 36.8 Å².